The summed E-state index contributed by atoms with van der Waals surface area (Å²) < 4.78 is 3.23. The molecule has 3 aromatic rings. The Labute approximate surface area is 185 Å². The number of amides is 2. The number of hydrogen-bond donors (Lipinski definition) is 2. The number of anilines is 1. The van der Waals surface area contributed by atoms with Gasteiger partial charge in [0.05, 0.1) is 22.7 Å². The van der Waals surface area contributed by atoms with Crippen molar-refractivity contribution in [1.82, 2.24) is 14.7 Å². The van der Waals surface area contributed by atoms with Gasteiger partial charge in [0.2, 0.25) is 5.91 Å². The summed E-state index contributed by atoms with van der Waals surface area (Å²) in [4.78, 5) is 38.7. The second kappa shape index (κ2) is 9.70. The van der Waals surface area contributed by atoms with Gasteiger partial charge < -0.3 is 10.6 Å². The fourth-order valence-electron chi connectivity index (χ4n) is 3.18. The van der Waals surface area contributed by atoms with E-state index in [1.54, 1.807) is 36.9 Å². The van der Waals surface area contributed by atoms with Crippen LogP contribution in [0.2, 0.25) is 0 Å². The Hall–Kier alpha value is -3.26. The Bertz CT molecular complexity index is 1150. The molecule has 0 saturated heterocycles. The quantitative estimate of drug-likeness (QED) is 0.554. The molecular weight excluding hydrogens is 412 g/mol. The van der Waals surface area contributed by atoms with Crippen LogP contribution < -0.4 is 16.2 Å². The van der Waals surface area contributed by atoms with Crippen molar-refractivity contribution in [3.8, 4) is 5.69 Å². The minimum absolute atomic E-state index is 0.0551. The van der Waals surface area contributed by atoms with Crippen molar-refractivity contribution in [2.45, 2.75) is 31.7 Å². The Balaban J connectivity index is 1.85. The zero-order valence-electron chi connectivity index (χ0n) is 18.0. The Morgan fingerprint density at radius 2 is 1.68 bits per heavy atom. The van der Waals surface area contributed by atoms with Crippen LogP contribution in [0.3, 0.4) is 0 Å². The lowest BCUT2D eigenvalue weighted by atomic mass is 10.2. The van der Waals surface area contributed by atoms with Crippen molar-refractivity contribution in [2.75, 3.05) is 11.1 Å². The highest BCUT2D eigenvalue weighted by atomic mass is 32.2. The fourth-order valence-corrected chi connectivity index (χ4v) is 4.04. The highest BCUT2D eigenvalue weighted by Gasteiger charge is 2.20. The van der Waals surface area contributed by atoms with Gasteiger partial charge in [0.25, 0.3) is 11.5 Å². The average molecular weight is 439 g/mol. The van der Waals surface area contributed by atoms with Crippen molar-refractivity contribution in [3.63, 3.8) is 0 Å². The normalized spacial score (nSPS) is 10.9. The third-order valence-corrected chi connectivity index (χ3v) is 5.81. The van der Waals surface area contributed by atoms with Crippen molar-refractivity contribution in [1.29, 1.82) is 0 Å². The molecule has 1 heterocycles. The van der Waals surface area contributed by atoms with E-state index < -0.39 is 5.91 Å². The van der Waals surface area contributed by atoms with E-state index in [1.165, 1.54) is 16.4 Å². The van der Waals surface area contributed by atoms with E-state index in [1.807, 2.05) is 50.2 Å². The van der Waals surface area contributed by atoms with Crippen LogP contribution in [0.15, 0.2) is 64.3 Å². The maximum Gasteiger partial charge on any atom is 0.295 e. The number of carbonyl (C=O) groups excluding carboxylic acids is 2. The molecule has 0 unspecified atom stereocenters. The summed E-state index contributed by atoms with van der Waals surface area (Å²) in [6.07, 6.45) is 0. The van der Waals surface area contributed by atoms with Gasteiger partial charge in [-0.3, -0.25) is 19.1 Å². The zero-order valence-corrected chi connectivity index (χ0v) is 18.8. The maximum atomic E-state index is 13.0. The van der Waals surface area contributed by atoms with E-state index in [9.17, 15) is 14.4 Å². The Morgan fingerprint density at radius 3 is 2.35 bits per heavy atom. The molecule has 0 radical (unpaired) electrons. The maximum absolute atomic E-state index is 13.0. The van der Waals surface area contributed by atoms with Crippen molar-refractivity contribution in [2.24, 2.45) is 7.05 Å². The SMILES string of the molecule is Cc1c(NC(=O)c2ccccc2SCC(=O)NC(C)C)c(=O)n(-c2ccccc2)n1C. The molecule has 7 nitrogen and oxygen atoms in total. The van der Waals surface area contributed by atoms with Gasteiger partial charge >= 0.3 is 0 Å². The number of para-hydroxylation sites is 1. The molecule has 162 valence electrons. The molecule has 3 rings (SSSR count). The van der Waals surface area contributed by atoms with Crippen LogP contribution in [0.5, 0.6) is 0 Å². The summed E-state index contributed by atoms with van der Waals surface area (Å²) in [5.41, 5.74) is 1.70. The zero-order chi connectivity index (χ0) is 22.5. The van der Waals surface area contributed by atoms with E-state index in [4.69, 9.17) is 0 Å². The number of nitrogens with zero attached hydrogens (tertiary/aromatic N) is 2. The van der Waals surface area contributed by atoms with Gasteiger partial charge in [-0.25, -0.2) is 4.68 Å². The largest absolute Gasteiger partial charge is 0.353 e. The van der Waals surface area contributed by atoms with Crippen LogP contribution >= 0.6 is 11.8 Å². The van der Waals surface area contributed by atoms with Crippen LogP contribution in [-0.4, -0.2) is 33.0 Å². The van der Waals surface area contributed by atoms with E-state index >= 15 is 0 Å². The highest BCUT2D eigenvalue weighted by Crippen LogP contribution is 2.24. The van der Waals surface area contributed by atoms with Gasteiger partial charge in [0.1, 0.15) is 5.69 Å². The number of aromatic nitrogens is 2. The second-order valence-corrected chi connectivity index (χ2v) is 8.41. The standard InChI is InChI=1S/C23H26N4O3S/c1-15(2)24-20(28)14-31-19-13-9-8-12-18(19)22(29)25-21-16(3)26(4)27(23(21)30)17-10-6-5-7-11-17/h5-13,15H,14H2,1-4H3,(H,24,28)(H,25,29). The highest BCUT2D eigenvalue weighted by molar-refractivity contribution is 8.00. The topological polar surface area (TPSA) is 85.1 Å². The smallest absolute Gasteiger partial charge is 0.295 e. The van der Waals surface area contributed by atoms with Gasteiger partial charge in [-0.05, 0) is 45.0 Å². The molecular formula is C23H26N4O3S. The summed E-state index contributed by atoms with van der Waals surface area (Å²) in [7, 11) is 1.77. The summed E-state index contributed by atoms with van der Waals surface area (Å²) in [6, 6.07) is 16.4. The molecule has 0 bridgehead atoms. The first-order valence-electron chi connectivity index (χ1n) is 9.96. The number of thioether (sulfide) groups is 1. The third-order valence-electron chi connectivity index (χ3n) is 4.73. The van der Waals surface area contributed by atoms with Gasteiger partial charge in [0.15, 0.2) is 0 Å². The molecule has 0 aliphatic rings. The number of hydrogen-bond acceptors (Lipinski definition) is 4. The van der Waals surface area contributed by atoms with Crippen LogP contribution in [-0.2, 0) is 11.8 Å². The lowest BCUT2D eigenvalue weighted by Gasteiger charge is -2.11. The number of nitrogens with one attached hydrogen (secondary N) is 2. The van der Waals surface area contributed by atoms with Crippen LogP contribution in [0.25, 0.3) is 5.69 Å². The Morgan fingerprint density at radius 1 is 1.03 bits per heavy atom. The molecule has 0 saturated carbocycles. The summed E-state index contributed by atoms with van der Waals surface area (Å²) in [5, 5.41) is 5.61. The molecule has 0 aliphatic carbocycles. The van der Waals surface area contributed by atoms with E-state index in [2.05, 4.69) is 10.6 Å². The van der Waals surface area contributed by atoms with E-state index in [0.717, 1.165) is 0 Å². The average Bonchev–Trinajstić information content (AvgIpc) is 2.95. The molecule has 2 amide bonds. The second-order valence-electron chi connectivity index (χ2n) is 7.40. The van der Waals surface area contributed by atoms with Crippen LogP contribution in [0, 0.1) is 6.92 Å². The summed E-state index contributed by atoms with van der Waals surface area (Å²) in [5.74, 6) is -0.286. The van der Waals surface area contributed by atoms with E-state index in [-0.39, 0.29) is 28.9 Å². The first-order valence-corrected chi connectivity index (χ1v) is 10.9. The molecule has 8 heteroatoms. The lowest BCUT2D eigenvalue weighted by Crippen LogP contribution is -2.31. The van der Waals surface area contributed by atoms with E-state index in [0.29, 0.717) is 21.8 Å². The predicted molar refractivity (Wildman–Crippen MR) is 124 cm³/mol. The van der Waals surface area contributed by atoms with Crippen molar-refractivity contribution in [3.05, 3.63) is 76.2 Å². The predicted octanol–water partition coefficient (Wildman–Crippen LogP) is 3.35. The van der Waals surface area contributed by atoms with Crippen LogP contribution in [0.4, 0.5) is 5.69 Å². The molecule has 31 heavy (non-hydrogen) atoms. The minimum Gasteiger partial charge on any atom is -0.353 e. The monoisotopic (exact) mass is 438 g/mol. The molecule has 0 fully saturated rings. The first-order chi connectivity index (χ1) is 14.8. The lowest BCUT2D eigenvalue weighted by molar-refractivity contribution is -0.119. The fraction of sp³-hybridized carbons (Fsp3) is 0.261. The first kappa shape index (κ1) is 22.4. The molecule has 1 aromatic heterocycles. The van der Waals surface area contributed by atoms with Gasteiger partial charge in [-0.15, -0.1) is 11.8 Å². The molecule has 2 N–H and O–H groups in total. The number of rotatable bonds is 7. The minimum atomic E-state index is -0.390. The van der Waals surface area contributed by atoms with Crippen LogP contribution in [0.1, 0.15) is 29.9 Å². The summed E-state index contributed by atoms with van der Waals surface area (Å²) in [6.45, 7) is 5.58. The Kier molecular flexibility index (Phi) is 7.02. The van der Waals surface area contributed by atoms with Gasteiger partial charge in [0, 0.05) is 18.0 Å². The summed E-state index contributed by atoms with van der Waals surface area (Å²) >= 11 is 1.29. The van der Waals surface area contributed by atoms with Gasteiger partial charge in [-0.2, -0.15) is 0 Å². The number of carbonyl (C=O) groups is 2. The molecule has 0 spiro atoms. The number of benzene rings is 2. The van der Waals surface area contributed by atoms with Crippen molar-refractivity contribution >= 4 is 29.3 Å². The molecule has 0 aliphatic heterocycles. The van der Waals surface area contributed by atoms with Crippen molar-refractivity contribution < 1.29 is 9.59 Å². The molecule has 2 aromatic carbocycles. The third kappa shape index (κ3) is 5.08. The molecule has 0 atom stereocenters. The van der Waals surface area contributed by atoms with Gasteiger partial charge in [-0.1, -0.05) is 30.3 Å².